The highest BCUT2D eigenvalue weighted by molar-refractivity contribution is 5.83. The molecule has 0 bridgehead atoms. The molecule has 0 amide bonds. The third kappa shape index (κ3) is 3.83. The Labute approximate surface area is 123 Å². The van der Waals surface area contributed by atoms with Crippen LogP contribution in [-0.2, 0) is 4.79 Å². The third-order valence-corrected chi connectivity index (χ3v) is 3.51. The number of carboxylic acid groups (broad SMARTS) is 1. The maximum absolute atomic E-state index is 10.7. The molecule has 1 aliphatic rings. The van der Waals surface area contributed by atoms with Gasteiger partial charge in [0.15, 0.2) is 0 Å². The van der Waals surface area contributed by atoms with Crippen LogP contribution in [0.4, 0.5) is 0 Å². The summed E-state index contributed by atoms with van der Waals surface area (Å²) in [6.07, 6.45) is 2.58. The van der Waals surface area contributed by atoms with Crippen molar-refractivity contribution < 1.29 is 14.6 Å². The Bertz CT molecular complexity index is 688. The van der Waals surface area contributed by atoms with Crippen molar-refractivity contribution in [1.82, 2.24) is 4.90 Å². The summed E-state index contributed by atoms with van der Waals surface area (Å²) in [6, 6.07) is 8.02. The van der Waals surface area contributed by atoms with Gasteiger partial charge in [-0.15, -0.1) is 0 Å². The first kappa shape index (κ1) is 15.1. The van der Waals surface area contributed by atoms with Gasteiger partial charge in [0, 0.05) is 26.1 Å². The van der Waals surface area contributed by atoms with Gasteiger partial charge < -0.3 is 9.84 Å². The monoisotopic (exact) mass is 286 g/mol. The molecule has 0 heterocycles. The first-order valence-corrected chi connectivity index (χ1v) is 6.84. The van der Waals surface area contributed by atoms with Gasteiger partial charge in [-0.2, -0.15) is 5.26 Å². The average Bonchev–Trinajstić information content (AvgIpc) is 2.46. The standard InChI is InChI=1S/C16H18N2O3/c1-21-14-4-3-12-9-13(15(12)10-14)11-18(7-2-6-17)8-5-16(19)20/h3-4,9-10H,2,5,7-8,11H2,1H3,(H,19,20). The van der Waals surface area contributed by atoms with Gasteiger partial charge in [0.1, 0.15) is 5.75 Å². The molecular weight excluding hydrogens is 268 g/mol. The van der Waals surface area contributed by atoms with Gasteiger partial charge in [0.25, 0.3) is 0 Å². The van der Waals surface area contributed by atoms with E-state index in [9.17, 15) is 4.79 Å². The number of hydrogen-bond donors (Lipinski definition) is 1. The lowest BCUT2D eigenvalue weighted by atomic mass is 9.99. The Morgan fingerprint density at radius 2 is 2.24 bits per heavy atom. The number of hydrogen-bond acceptors (Lipinski definition) is 4. The minimum Gasteiger partial charge on any atom is -0.497 e. The van der Waals surface area contributed by atoms with Crippen LogP contribution in [0.25, 0.3) is 11.6 Å². The molecule has 0 saturated heterocycles. The second-order valence-electron chi connectivity index (χ2n) is 4.95. The lowest BCUT2D eigenvalue weighted by Crippen LogP contribution is -2.39. The molecule has 1 aromatic rings. The molecule has 0 saturated carbocycles. The normalized spacial score (nSPS) is 12.1. The Balaban J connectivity index is 2.10. The van der Waals surface area contributed by atoms with Crippen molar-refractivity contribution in [3.05, 3.63) is 28.6 Å². The molecule has 1 aromatic carbocycles. The van der Waals surface area contributed by atoms with E-state index in [0.29, 0.717) is 26.1 Å². The summed E-state index contributed by atoms with van der Waals surface area (Å²) in [4.78, 5) is 12.7. The van der Waals surface area contributed by atoms with E-state index in [1.165, 1.54) is 5.22 Å². The van der Waals surface area contributed by atoms with E-state index in [4.69, 9.17) is 15.1 Å². The van der Waals surface area contributed by atoms with E-state index in [2.05, 4.69) is 12.1 Å². The van der Waals surface area contributed by atoms with Gasteiger partial charge >= 0.3 is 5.97 Å². The van der Waals surface area contributed by atoms with Gasteiger partial charge in [-0.05, 0) is 34.2 Å². The van der Waals surface area contributed by atoms with Crippen molar-refractivity contribution in [1.29, 1.82) is 5.26 Å². The largest absolute Gasteiger partial charge is 0.497 e. The maximum atomic E-state index is 10.7. The molecule has 110 valence electrons. The summed E-state index contributed by atoms with van der Waals surface area (Å²) in [5.41, 5.74) is 1.16. The van der Waals surface area contributed by atoms with Crippen LogP contribution < -0.4 is 15.2 Å². The van der Waals surface area contributed by atoms with Gasteiger partial charge in [-0.3, -0.25) is 9.69 Å². The summed E-state index contributed by atoms with van der Waals surface area (Å²) < 4.78 is 5.22. The number of ether oxygens (including phenoxy) is 1. The van der Waals surface area contributed by atoms with Crippen molar-refractivity contribution in [2.24, 2.45) is 0 Å². The zero-order valence-corrected chi connectivity index (χ0v) is 12.0. The maximum Gasteiger partial charge on any atom is 0.304 e. The second kappa shape index (κ2) is 6.91. The highest BCUT2D eigenvalue weighted by Crippen LogP contribution is 2.10. The highest BCUT2D eigenvalue weighted by Gasteiger charge is 2.13. The molecule has 1 aliphatic carbocycles. The van der Waals surface area contributed by atoms with Gasteiger partial charge in [0.2, 0.25) is 0 Å². The topological polar surface area (TPSA) is 73.6 Å². The van der Waals surface area contributed by atoms with Crippen molar-refractivity contribution >= 4 is 17.6 Å². The predicted octanol–water partition coefficient (Wildman–Crippen LogP) is 0.330. The zero-order chi connectivity index (χ0) is 15.2. The number of methoxy groups -OCH3 is 1. The van der Waals surface area contributed by atoms with Gasteiger partial charge in [0.05, 0.1) is 19.6 Å². The summed E-state index contributed by atoms with van der Waals surface area (Å²) in [6.45, 7) is 1.70. The number of fused-ring (bicyclic) bond motifs is 1. The minimum atomic E-state index is -0.818. The molecule has 5 heteroatoms. The van der Waals surface area contributed by atoms with E-state index in [-0.39, 0.29) is 6.42 Å². The molecular formula is C16H18N2O3. The van der Waals surface area contributed by atoms with Crippen LogP contribution in [0, 0.1) is 11.3 Å². The lowest BCUT2D eigenvalue weighted by molar-refractivity contribution is -0.137. The molecule has 0 aromatic heterocycles. The Morgan fingerprint density at radius 1 is 1.43 bits per heavy atom. The highest BCUT2D eigenvalue weighted by atomic mass is 16.5. The lowest BCUT2D eigenvalue weighted by Gasteiger charge is -2.23. The smallest absolute Gasteiger partial charge is 0.304 e. The Hall–Kier alpha value is -2.32. The molecule has 5 nitrogen and oxygen atoms in total. The van der Waals surface area contributed by atoms with Crippen LogP contribution in [-0.4, -0.2) is 42.7 Å². The number of carboxylic acids is 1. The zero-order valence-electron chi connectivity index (χ0n) is 12.0. The summed E-state index contributed by atoms with van der Waals surface area (Å²) in [5, 5.41) is 19.8. The van der Waals surface area contributed by atoms with Crippen molar-refractivity contribution in [2.75, 3.05) is 26.7 Å². The second-order valence-corrected chi connectivity index (χ2v) is 4.95. The van der Waals surface area contributed by atoms with Crippen LogP contribution in [0.1, 0.15) is 12.8 Å². The Morgan fingerprint density at radius 3 is 2.90 bits per heavy atom. The number of benzene rings is 1. The van der Waals surface area contributed by atoms with Crippen molar-refractivity contribution in [3.63, 3.8) is 0 Å². The first-order chi connectivity index (χ1) is 10.1. The molecule has 1 N–H and O–H groups in total. The van der Waals surface area contributed by atoms with E-state index < -0.39 is 5.97 Å². The SMILES string of the molecule is COc1ccc2c(c1)=C(CN(CCC#N)CCC(=O)O)C=2. The number of nitriles is 1. The molecule has 0 unspecified atom stereocenters. The van der Waals surface area contributed by atoms with Gasteiger partial charge in [-0.1, -0.05) is 6.07 Å². The third-order valence-electron chi connectivity index (χ3n) is 3.51. The van der Waals surface area contributed by atoms with E-state index in [1.54, 1.807) is 7.11 Å². The van der Waals surface area contributed by atoms with E-state index in [1.807, 2.05) is 23.1 Å². The Kier molecular flexibility index (Phi) is 4.96. The van der Waals surface area contributed by atoms with Crippen molar-refractivity contribution in [2.45, 2.75) is 12.8 Å². The van der Waals surface area contributed by atoms with Crippen LogP contribution in [0.15, 0.2) is 18.2 Å². The minimum absolute atomic E-state index is 0.0870. The molecule has 0 spiro atoms. The quantitative estimate of drug-likeness (QED) is 0.745. The summed E-state index contributed by atoms with van der Waals surface area (Å²) in [7, 11) is 1.63. The van der Waals surface area contributed by atoms with Gasteiger partial charge in [-0.25, -0.2) is 0 Å². The molecule has 0 atom stereocenters. The van der Waals surface area contributed by atoms with Crippen LogP contribution in [0.5, 0.6) is 5.75 Å². The predicted molar refractivity (Wildman–Crippen MR) is 79.0 cm³/mol. The van der Waals surface area contributed by atoms with E-state index in [0.717, 1.165) is 16.5 Å². The van der Waals surface area contributed by atoms with E-state index >= 15 is 0 Å². The van der Waals surface area contributed by atoms with Crippen LogP contribution in [0.2, 0.25) is 0 Å². The molecule has 21 heavy (non-hydrogen) atoms. The molecule has 2 rings (SSSR count). The first-order valence-electron chi connectivity index (χ1n) is 6.84. The summed E-state index contributed by atoms with van der Waals surface area (Å²) >= 11 is 0. The molecule has 0 aliphatic heterocycles. The number of nitrogens with zero attached hydrogens (tertiary/aromatic N) is 2. The molecule has 0 fully saturated rings. The average molecular weight is 286 g/mol. The molecule has 0 radical (unpaired) electrons. The fraction of sp³-hybridized carbons (Fsp3) is 0.375. The van der Waals surface area contributed by atoms with Crippen LogP contribution in [0.3, 0.4) is 0 Å². The van der Waals surface area contributed by atoms with Crippen LogP contribution >= 0.6 is 0 Å². The fourth-order valence-electron chi connectivity index (χ4n) is 2.36. The number of aliphatic carboxylic acids is 1. The number of rotatable bonds is 8. The fourth-order valence-corrected chi connectivity index (χ4v) is 2.36. The summed E-state index contributed by atoms with van der Waals surface area (Å²) in [5.74, 6) is -0.00456. The number of carbonyl (C=O) groups is 1. The van der Waals surface area contributed by atoms with Crippen molar-refractivity contribution in [3.8, 4) is 11.8 Å².